The summed E-state index contributed by atoms with van der Waals surface area (Å²) < 4.78 is 28.1. The molecule has 8 nitrogen and oxygen atoms in total. The van der Waals surface area contributed by atoms with Crippen LogP contribution >= 0.6 is 0 Å². The molecular weight excluding hydrogens is 332 g/mol. The number of hydrogen-bond donors (Lipinski definition) is 3. The van der Waals surface area contributed by atoms with Gasteiger partial charge in [-0.1, -0.05) is 6.92 Å². The summed E-state index contributed by atoms with van der Waals surface area (Å²) in [7, 11) is -2.42. The molecule has 5 N–H and O–H groups in total. The fraction of sp³-hybridized carbons (Fsp3) is 0.533. The first-order valence-corrected chi connectivity index (χ1v) is 9.15. The lowest BCUT2D eigenvalue weighted by molar-refractivity contribution is -0.117. The number of amides is 1. The molecule has 1 saturated heterocycles. The van der Waals surface area contributed by atoms with Gasteiger partial charge in [-0.2, -0.15) is 0 Å². The van der Waals surface area contributed by atoms with E-state index in [1.54, 1.807) is 0 Å². The van der Waals surface area contributed by atoms with Gasteiger partial charge in [0.05, 0.1) is 24.2 Å². The average molecular weight is 356 g/mol. The molecule has 0 bridgehead atoms. The number of rotatable bonds is 6. The number of sulfonamides is 1. The highest BCUT2D eigenvalue weighted by Gasteiger charge is 2.33. The van der Waals surface area contributed by atoms with Crippen molar-refractivity contribution in [2.75, 3.05) is 38.6 Å². The fourth-order valence-electron chi connectivity index (χ4n) is 2.78. The maximum atomic E-state index is 12.3. The standard InChI is InChI=1S/C15H24N4O4S/c1-15(9-16)5-6-19(10-15)8-14(20)18-12-7-11(24(17,21)22)3-4-13(12)23-2/h3-4,7H,5-6,8-10,16H2,1-2H3,(H,18,20)(H2,17,21,22). The minimum absolute atomic E-state index is 0.0332. The quantitative estimate of drug-likeness (QED) is 0.656. The predicted octanol–water partition coefficient (Wildman–Crippen LogP) is -0.0482. The Morgan fingerprint density at radius 1 is 1.46 bits per heavy atom. The summed E-state index contributed by atoms with van der Waals surface area (Å²) >= 11 is 0. The zero-order chi connectivity index (χ0) is 18.0. The van der Waals surface area contributed by atoms with Gasteiger partial charge in [0.25, 0.3) is 0 Å². The van der Waals surface area contributed by atoms with Crippen LogP contribution in [0.1, 0.15) is 13.3 Å². The van der Waals surface area contributed by atoms with Crippen LogP contribution in [0.5, 0.6) is 5.75 Å². The van der Waals surface area contributed by atoms with E-state index in [1.165, 1.54) is 25.3 Å². The van der Waals surface area contributed by atoms with Crippen molar-refractivity contribution in [3.8, 4) is 5.75 Å². The Morgan fingerprint density at radius 3 is 2.71 bits per heavy atom. The van der Waals surface area contributed by atoms with Gasteiger partial charge in [0.1, 0.15) is 5.75 Å². The zero-order valence-electron chi connectivity index (χ0n) is 13.9. The van der Waals surface area contributed by atoms with Crippen LogP contribution in [0.15, 0.2) is 23.1 Å². The number of nitrogens with one attached hydrogen (secondary N) is 1. The zero-order valence-corrected chi connectivity index (χ0v) is 14.7. The number of primary sulfonamides is 1. The van der Waals surface area contributed by atoms with Gasteiger partial charge in [0, 0.05) is 6.54 Å². The summed E-state index contributed by atoms with van der Waals surface area (Å²) in [6.45, 7) is 4.44. The molecule has 1 fully saturated rings. The number of nitrogens with two attached hydrogens (primary N) is 2. The Balaban J connectivity index is 2.08. The summed E-state index contributed by atoms with van der Waals surface area (Å²) in [5, 5.41) is 7.81. The maximum Gasteiger partial charge on any atom is 0.238 e. The Kier molecular flexibility index (Phi) is 5.49. The number of methoxy groups -OCH3 is 1. The first kappa shape index (κ1) is 18.7. The van der Waals surface area contributed by atoms with E-state index in [2.05, 4.69) is 12.2 Å². The van der Waals surface area contributed by atoms with Crippen molar-refractivity contribution in [1.29, 1.82) is 0 Å². The van der Waals surface area contributed by atoms with E-state index < -0.39 is 10.0 Å². The van der Waals surface area contributed by atoms with Crippen molar-refractivity contribution in [3.63, 3.8) is 0 Å². The van der Waals surface area contributed by atoms with Crippen molar-refractivity contribution in [2.24, 2.45) is 16.3 Å². The number of hydrogen-bond acceptors (Lipinski definition) is 6. The van der Waals surface area contributed by atoms with Crippen molar-refractivity contribution < 1.29 is 17.9 Å². The second-order valence-corrected chi connectivity index (χ2v) is 7.99. The van der Waals surface area contributed by atoms with Crippen LogP contribution in [0, 0.1) is 5.41 Å². The van der Waals surface area contributed by atoms with Gasteiger partial charge in [-0.15, -0.1) is 0 Å². The third kappa shape index (κ3) is 4.44. The van der Waals surface area contributed by atoms with Crippen molar-refractivity contribution in [2.45, 2.75) is 18.2 Å². The Morgan fingerprint density at radius 2 is 2.17 bits per heavy atom. The van der Waals surface area contributed by atoms with Crippen molar-refractivity contribution in [3.05, 3.63) is 18.2 Å². The summed E-state index contributed by atoms with van der Waals surface area (Å²) in [5.41, 5.74) is 6.07. The van der Waals surface area contributed by atoms with E-state index >= 15 is 0 Å². The van der Waals surface area contributed by atoms with Crippen molar-refractivity contribution >= 4 is 21.6 Å². The van der Waals surface area contributed by atoms with Gasteiger partial charge < -0.3 is 15.8 Å². The van der Waals surface area contributed by atoms with E-state index in [-0.39, 0.29) is 28.4 Å². The normalized spacial score (nSPS) is 21.7. The molecule has 1 aliphatic heterocycles. The van der Waals surface area contributed by atoms with Crippen LogP contribution in [-0.2, 0) is 14.8 Å². The number of ether oxygens (including phenoxy) is 1. The van der Waals surface area contributed by atoms with Gasteiger partial charge in [0.2, 0.25) is 15.9 Å². The molecule has 1 aliphatic rings. The maximum absolute atomic E-state index is 12.3. The van der Waals surface area contributed by atoms with Crippen LogP contribution < -0.4 is 20.9 Å². The molecule has 1 aromatic rings. The minimum atomic E-state index is -3.86. The third-order valence-electron chi connectivity index (χ3n) is 4.27. The number of likely N-dealkylation sites (tertiary alicyclic amines) is 1. The Labute approximate surface area is 142 Å². The molecule has 0 saturated carbocycles. The lowest BCUT2D eigenvalue weighted by Crippen LogP contribution is -2.35. The molecule has 2 rings (SSSR count). The van der Waals surface area contributed by atoms with E-state index in [9.17, 15) is 13.2 Å². The molecule has 0 spiro atoms. The summed E-state index contributed by atoms with van der Waals surface area (Å²) in [5.74, 6) is 0.116. The molecule has 134 valence electrons. The highest BCUT2D eigenvalue weighted by molar-refractivity contribution is 7.89. The molecule has 0 radical (unpaired) electrons. The fourth-order valence-corrected chi connectivity index (χ4v) is 3.32. The molecule has 9 heteroatoms. The largest absolute Gasteiger partial charge is 0.495 e. The molecule has 0 aromatic heterocycles. The molecule has 24 heavy (non-hydrogen) atoms. The minimum Gasteiger partial charge on any atom is -0.495 e. The van der Waals surface area contributed by atoms with Gasteiger partial charge >= 0.3 is 0 Å². The van der Waals surface area contributed by atoms with Crippen LogP contribution in [0.2, 0.25) is 0 Å². The van der Waals surface area contributed by atoms with Crippen LogP contribution in [-0.4, -0.2) is 52.5 Å². The van der Waals surface area contributed by atoms with Gasteiger partial charge in [-0.05, 0) is 43.1 Å². The summed E-state index contributed by atoms with van der Waals surface area (Å²) in [6, 6.07) is 4.08. The SMILES string of the molecule is COc1ccc(S(N)(=O)=O)cc1NC(=O)CN1CCC(C)(CN)C1. The highest BCUT2D eigenvalue weighted by Crippen LogP contribution is 2.29. The molecule has 1 atom stereocenters. The summed E-state index contributed by atoms with van der Waals surface area (Å²) in [6.07, 6.45) is 0.945. The summed E-state index contributed by atoms with van der Waals surface area (Å²) in [4.78, 5) is 14.2. The number of benzene rings is 1. The number of carbonyl (C=O) groups is 1. The van der Waals surface area contributed by atoms with E-state index in [4.69, 9.17) is 15.6 Å². The number of nitrogens with zero attached hydrogens (tertiary/aromatic N) is 1. The van der Waals surface area contributed by atoms with Crippen LogP contribution in [0.3, 0.4) is 0 Å². The monoisotopic (exact) mass is 356 g/mol. The molecule has 1 aromatic carbocycles. The lowest BCUT2D eigenvalue weighted by atomic mass is 9.90. The first-order valence-electron chi connectivity index (χ1n) is 7.60. The van der Waals surface area contributed by atoms with Gasteiger partial charge in [0.15, 0.2) is 0 Å². The van der Waals surface area contributed by atoms with Crippen molar-refractivity contribution in [1.82, 2.24) is 4.90 Å². The van der Waals surface area contributed by atoms with E-state index in [0.29, 0.717) is 12.3 Å². The van der Waals surface area contributed by atoms with Gasteiger partial charge in [-0.3, -0.25) is 9.69 Å². The average Bonchev–Trinajstić information content (AvgIpc) is 2.88. The van der Waals surface area contributed by atoms with E-state index in [1.807, 2.05) is 4.90 Å². The number of anilines is 1. The van der Waals surface area contributed by atoms with Gasteiger partial charge in [-0.25, -0.2) is 13.6 Å². The molecule has 1 amide bonds. The Bertz CT molecular complexity index is 722. The van der Waals surface area contributed by atoms with E-state index in [0.717, 1.165) is 19.5 Å². The molecule has 1 unspecified atom stereocenters. The second kappa shape index (κ2) is 7.06. The molecular formula is C15H24N4O4S. The smallest absolute Gasteiger partial charge is 0.238 e. The molecule has 0 aliphatic carbocycles. The first-order chi connectivity index (χ1) is 11.2. The lowest BCUT2D eigenvalue weighted by Gasteiger charge is -2.22. The molecule has 1 heterocycles. The third-order valence-corrected chi connectivity index (χ3v) is 5.18. The number of carbonyl (C=O) groups excluding carboxylic acids is 1. The second-order valence-electron chi connectivity index (χ2n) is 6.43. The predicted molar refractivity (Wildman–Crippen MR) is 91.2 cm³/mol. The topological polar surface area (TPSA) is 128 Å². The van der Waals surface area contributed by atoms with Crippen LogP contribution in [0.25, 0.3) is 0 Å². The van der Waals surface area contributed by atoms with Crippen LogP contribution in [0.4, 0.5) is 5.69 Å². The Hall–Kier alpha value is -1.68. The highest BCUT2D eigenvalue weighted by atomic mass is 32.2.